The van der Waals surface area contributed by atoms with E-state index in [1.54, 1.807) is 0 Å². The molecule has 0 spiro atoms. The second kappa shape index (κ2) is 35.3. The van der Waals surface area contributed by atoms with Crippen LogP contribution in [-0.2, 0) is 37.9 Å². The average molecular weight is 1760 g/mol. The lowest BCUT2D eigenvalue weighted by molar-refractivity contribution is 0.655. The number of hydrogen-bond donors (Lipinski definition) is 0. The van der Waals surface area contributed by atoms with Crippen LogP contribution in [0.5, 0.6) is 0 Å². The van der Waals surface area contributed by atoms with Gasteiger partial charge in [0.2, 0.25) is 0 Å². The highest BCUT2D eigenvalue weighted by atomic mass is 14.5. The molecule has 7 aliphatic carbocycles. The van der Waals surface area contributed by atoms with Gasteiger partial charge in [-0.3, -0.25) is 0 Å². The normalized spacial score (nSPS) is 14.9. The molecule has 0 heterocycles. The molecule has 0 bridgehead atoms. The van der Waals surface area contributed by atoms with E-state index in [2.05, 4.69) is 540 Å². The first-order chi connectivity index (χ1) is 65.1. The first-order valence-corrected chi connectivity index (χ1v) is 49.0. The van der Waals surface area contributed by atoms with E-state index in [4.69, 9.17) is 0 Å². The summed E-state index contributed by atoms with van der Waals surface area (Å²) in [7, 11) is 0. The molecule has 18 aromatic rings. The summed E-state index contributed by atoms with van der Waals surface area (Å²) >= 11 is 0. The summed E-state index contributed by atoms with van der Waals surface area (Å²) in [6.07, 6.45) is 0. The third-order valence-electron chi connectivity index (χ3n) is 31.2. The van der Waals surface area contributed by atoms with Crippen molar-refractivity contribution in [3.8, 4) is 122 Å². The van der Waals surface area contributed by atoms with Crippen LogP contribution in [0.3, 0.4) is 0 Å². The topological polar surface area (TPSA) is 0 Å². The summed E-state index contributed by atoms with van der Waals surface area (Å²) in [5, 5.41) is 0. The Hall–Kier alpha value is -14.0. The number of rotatable bonds is 4. The number of fused-ring (bicyclic) bond motifs is 21. The lowest BCUT2D eigenvalue weighted by Crippen LogP contribution is -2.16. The van der Waals surface area contributed by atoms with Gasteiger partial charge in [0.1, 0.15) is 0 Å². The van der Waals surface area contributed by atoms with Gasteiger partial charge in [-0.15, -0.1) is 0 Å². The zero-order valence-corrected chi connectivity index (χ0v) is 83.5. The van der Waals surface area contributed by atoms with Crippen molar-refractivity contribution < 1.29 is 0 Å². The minimum atomic E-state index is 0.0702. The van der Waals surface area contributed by atoms with Gasteiger partial charge in [0.25, 0.3) is 0 Å². The molecule has 0 aromatic heterocycles. The van der Waals surface area contributed by atoms with Crippen molar-refractivity contribution in [3.05, 3.63) is 511 Å². The maximum Gasteiger partial charge on any atom is 0.0161 e. The Bertz CT molecular complexity index is 7630. The summed E-state index contributed by atoms with van der Waals surface area (Å²) in [4.78, 5) is 0. The fourth-order valence-corrected chi connectivity index (χ4v) is 23.9. The molecule has 0 fully saturated rings. The van der Waals surface area contributed by atoms with E-state index in [0.717, 1.165) is 0 Å². The van der Waals surface area contributed by atoms with Crippen LogP contribution in [0.25, 0.3) is 122 Å². The van der Waals surface area contributed by atoms with Gasteiger partial charge in [0.15, 0.2) is 0 Å². The van der Waals surface area contributed by atoms with Gasteiger partial charge in [0.05, 0.1) is 0 Å². The molecule has 0 unspecified atom stereocenters. The zero-order chi connectivity index (χ0) is 95.3. The van der Waals surface area contributed by atoms with Crippen molar-refractivity contribution in [1.29, 1.82) is 0 Å². The maximum atomic E-state index is 2.38. The SMILES string of the molecule is Cc1ccc(-c2ccc3c(c2)C(C)(C)c2ccccc2-3)cc1.Cc1ccc2c(c1)-c1ccc(-c3ccccc3)cc1C2(C)C.Cc1ccc2c(c1)-c1ccccc1C2(C)C.Cc1cccc(-c2ccc3c(c2)C(C)(C)c2ccccc2-3)c1.Cc1cccc2c1-c1ccccc1C2(C)C.Cc1cccc2c1C(C)(C)c1cc(-c3ccccc3)ccc1-2.Cc1cccc2c1C(C)(C)c1ccccc1-2. The molecule has 7 aliphatic rings. The van der Waals surface area contributed by atoms with E-state index in [1.165, 1.54) is 239 Å². The van der Waals surface area contributed by atoms with Crippen LogP contribution in [0.15, 0.2) is 394 Å². The summed E-state index contributed by atoms with van der Waals surface area (Å²) in [5.41, 5.74) is 60.6. The lowest BCUT2D eigenvalue weighted by atomic mass is 9.80. The third kappa shape index (κ3) is 16.1. The van der Waals surface area contributed by atoms with Crippen molar-refractivity contribution in [3.63, 3.8) is 0 Å². The molecule has 18 aromatic carbocycles. The lowest BCUT2D eigenvalue weighted by Gasteiger charge is -2.23. The molecule has 0 saturated carbocycles. The molecule has 0 heteroatoms. The molecule has 0 N–H and O–H groups in total. The van der Waals surface area contributed by atoms with Crippen LogP contribution in [-0.4, -0.2) is 0 Å². The van der Waals surface area contributed by atoms with Crippen molar-refractivity contribution in [2.24, 2.45) is 0 Å². The van der Waals surface area contributed by atoms with Gasteiger partial charge in [-0.25, -0.2) is 0 Å². The van der Waals surface area contributed by atoms with Gasteiger partial charge in [-0.05, 0) is 290 Å². The summed E-state index contributed by atoms with van der Waals surface area (Å²) in [6, 6.07) is 144. The van der Waals surface area contributed by atoms with Gasteiger partial charge < -0.3 is 0 Å². The minimum absolute atomic E-state index is 0.0702. The molecular weight excluding hydrogens is 1630 g/mol. The van der Waals surface area contributed by atoms with Crippen molar-refractivity contribution in [2.75, 3.05) is 0 Å². The standard InChI is InChI=1S/4C22H20.3C16H16/c1-15-7-6-8-16(13-15)17-11-12-19-18-9-4-5-10-20(18)22(2,3)21(19)14-17;1-15-8-7-11-19-18-13-12-17(16-9-5-4-6-10-16)14-20(18)22(2,3)21(15)19;1-15-8-10-16(11-9-15)17-12-13-19-18-6-4-5-7-20(18)22(2,3)21(19)14-17;1-15-9-12-20-19(13-15)18-11-10-17(14-21(18)22(20,2)3)16-7-5-4-6-8-16;1-11-7-6-9-13-12-8-4-5-10-14(12)16(2,3)15(11)13;1-11-7-6-10-14-15(11)12-8-4-5-9-13(12)16(14,2)3;1-11-8-9-15-13(10-11)12-6-4-5-7-14(12)16(15,2)3/h4*4-14H,1-3H3;3*4-10H,1-3H3. The van der Waals surface area contributed by atoms with Crippen molar-refractivity contribution in [2.45, 2.75) is 183 Å². The van der Waals surface area contributed by atoms with Crippen LogP contribution in [0.2, 0.25) is 0 Å². The summed E-state index contributed by atoms with van der Waals surface area (Å²) < 4.78 is 0. The Morgan fingerprint density at radius 2 is 0.360 bits per heavy atom. The monoisotopic (exact) mass is 1760 g/mol. The van der Waals surface area contributed by atoms with Crippen LogP contribution in [0.4, 0.5) is 0 Å². The van der Waals surface area contributed by atoms with Crippen LogP contribution >= 0.6 is 0 Å². The first-order valence-electron chi connectivity index (χ1n) is 49.0. The second-order valence-corrected chi connectivity index (χ2v) is 42.7. The fraction of sp³-hybridized carbons (Fsp3) is 0.206. The minimum Gasteiger partial charge on any atom is -0.0622 e. The highest BCUT2D eigenvalue weighted by Crippen LogP contribution is 2.57. The highest BCUT2D eigenvalue weighted by Gasteiger charge is 2.43. The van der Waals surface area contributed by atoms with E-state index in [-0.39, 0.29) is 37.9 Å². The van der Waals surface area contributed by atoms with Crippen LogP contribution in [0, 0.1) is 48.5 Å². The smallest absolute Gasteiger partial charge is 0.0161 e. The zero-order valence-electron chi connectivity index (χ0n) is 83.5. The van der Waals surface area contributed by atoms with Crippen molar-refractivity contribution in [1.82, 2.24) is 0 Å². The van der Waals surface area contributed by atoms with Gasteiger partial charge in [0, 0.05) is 37.9 Å². The predicted molar refractivity (Wildman–Crippen MR) is 583 cm³/mol. The highest BCUT2D eigenvalue weighted by molar-refractivity contribution is 5.91. The molecule has 672 valence electrons. The van der Waals surface area contributed by atoms with E-state index < -0.39 is 0 Å². The van der Waals surface area contributed by atoms with Crippen LogP contribution < -0.4 is 0 Å². The Morgan fingerprint density at radius 1 is 0.125 bits per heavy atom. The van der Waals surface area contributed by atoms with E-state index in [0.29, 0.717) is 0 Å². The average Bonchev–Trinajstić information content (AvgIpc) is 1.58. The fourth-order valence-electron chi connectivity index (χ4n) is 23.9. The van der Waals surface area contributed by atoms with Gasteiger partial charge in [-0.1, -0.05) is 489 Å². The van der Waals surface area contributed by atoms with E-state index in [1.807, 2.05) is 0 Å². The predicted octanol–water partition coefficient (Wildman–Crippen LogP) is 36.8. The molecule has 0 aliphatic heterocycles. The molecule has 0 amide bonds. The molecule has 25 rings (SSSR count). The third-order valence-corrected chi connectivity index (χ3v) is 31.2. The Kier molecular flexibility index (Phi) is 23.7. The quantitative estimate of drug-likeness (QED) is 0.165. The molecule has 0 atom stereocenters. The van der Waals surface area contributed by atoms with E-state index >= 15 is 0 Å². The molecular formula is C136H128. The van der Waals surface area contributed by atoms with E-state index in [9.17, 15) is 0 Å². The van der Waals surface area contributed by atoms with Crippen molar-refractivity contribution >= 4 is 0 Å². The summed E-state index contributed by atoms with van der Waals surface area (Å²) in [5.74, 6) is 0. The molecule has 0 radical (unpaired) electrons. The molecule has 136 heavy (non-hydrogen) atoms. The second-order valence-electron chi connectivity index (χ2n) is 42.7. The Balaban J connectivity index is 0.000000102. The Morgan fingerprint density at radius 3 is 0.787 bits per heavy atom. The van der Waals surface area contributed by atoms with Gasteiger partial charge in [-0.2, -0.15) is 0 Å². The maximum absolute atomic E-state index is 2.38. The largest absolute Gasteiger partial charge is 0.0622 e. The number of benzene rings is 18. The number of aryl methyl sites for hydroxylation is 7. The number of hydrogen-bond acceptors (Lipinski definition) is 0. The van der Waals surface area contributed by atoms with Gasteiger partial charge >= 0.3 is 0 Å². The molecule has 0 nitrogen and oxygen atoms in total. The van der Waals surface area contributed by atoms with Crippen LogP contribution in [0.1, 0.15) is 214 Å². The molecule has 0 saturated heterocycles. The summed E-state index contributed by atoms with van der Waals surface area (Å²) in [6.45, 7) is 47.9. The first kappa shape index (κ1) is 91.1. The Labute approximate surface area is 811 Å².